The standard InChI is InChI=1S/C23H19F3N4O3/c1-31-20-9-14(18-12-29-22(30-18)15-4-8-21(32-2)28-10-15)3-7-19(20)33-13-17-6-5-16(11-27-17)23(24,25)26/h3-12H,13H2,1-2H3,(H,29,30). The molecule has 33 heavy (non-hydrogen) atoms. The van der Waals surface area contributed by atoms with Gasteiger partial charge in [-0.2, -0.15) is 13.2 Å². The van der Waals surface area contributed by atoms with Gasteiger partial charge in [0.05, 0.1) is 31.2 Å². The molecule has 170 valence electrons. The number of benzene rings is 1. The number of methoxy groups -OCH3 is 2. The first-order valence-corrected chi connectivity index (χ1v) is 9.76. The predicted octanol–water partition coefficient (Wildman–Crippen LogP) is 5.15. The molecule has 0 unspecified atom stereocenters. The van der Waals surface area contributed by atoms with Crippen LogP contribution < -0.4 is 14.2 Å². The number of alkyl halides is 3. The lowest BCUT2D eigenvalue weighted by molar-refractivity contribution is -0.137. The van der Waals surface area contributed by atoms with Gasteiger partial charge in [0.15, 0.2) is 11.5 Å². The van der Waals surface area contributed by atoms with Gasteiger partial charge in [0.1, 0.15) is 12.4 Å². The van der Waals surface area contributed by atoms with E-state index in [0.717, 1.165) is 23.4 Å². The summed E-state index contributed by atoms with van der Waals surface area (Å²) in [5, 5.41) is 0. The summed E-state index contributed by atoms with van der Waals surface area (Å²) < 4.78 is 54.2. The van der Waals surface area contributed by atoms with Crippen LogP contribution in [0.4, 0.5) is 13.2 Å². The van der Waals surface area contributed by atoms with Gasteiger partial charge in [0, 0.05) is 35.8 Å². The SMILES string of the molecule is COc1ccc(-c2nc(-c3ccc(OCc4ccc(C(F)(F)F)cn4)c(OC)c3)c[nH]2)cn1. The minimum atomic E-state index is -4.43. The average Bonchev–Trinajstić information content (AvgIpc) is 3.33. The smallest absolute Gasteiger partial charge is 0.417 e. The number of ether oxygens (including phenoxy) is 3. The van der Waals surface area contributed by atoms with Crippen molar-refractivity contribution in [1.29, 1.82) is 0 Å². The molecule has 0 saturated heterocycles. The molecule has 0 radical (unpaired) electrons. The number of halogens is 3. The van der Waals surface area contributed by atoms with Crippen LogP contribution in [0.5, 0.6) is 17.4 Å². The number of nitrogens with one attached hydrogen (secondary N) is 1. The monoisotopic (exact) mass is 456 g/mol. The summed E-state index contributed by atoms with van der Waals surface area (Å²) in [6.45, 7) is -0.00906. The Kier molecular flexibility index (Phi) is 6.16. The number of rotatable bonds is 7. The molecule has 3 heterocycles. The number of pyridine rings is 2. The molecule has 1 aromatic carbocycles. The van der Waals surface area contributed by atoms with E-state index in [1.165, 1.54) is 13.2 Å². The largest absolute Gasteiger partial charge is 0.493 e. The zero-order chi connectivity index (χ0) is 23.4. The summed E-state index contributed by atoms with van der Waals surface area (Å²) >= 11 is 0. The van der Waals surface area contributed by atoms with Gasteiger partial charge >= 0.3 is 6.18 Å². The van der Waals surface area contributed by atoms with Gasteiger partial charge in [-0.3, -0.25) is 4.98 Å². The molecular formula is C23H19F3N4O3. The van der Waals surface area contributed by atoms with Crippen molar-refractivity contribution in [3.8, 4) is 40.0 Å². The van der Waals surface area contributed by atoms with Crippen molar-refractivity contribution in [3.63, 3.8) is 0 Å². The van der Waals surface area contributed by atoms with Crippen LogP contribution in [0.25, 0.3) is 22.6 Å². The second-order valence-corrected chi connectivity index (χ2v) is 6.91. The lowest BCUT2D eigenvalue weighted by Crippen LogP contribution is -2.07. The van der Waals surface area contributed by atoms with Crippen LogP contribution in [0.1, 0.15) is 11.3 Å². The highest BCUT2D eigenvalue weighted by atomic mass is 19.4. The molecule has 0 aliphatic heterocycles. The van der Waals surface area contributed by atoms with E-state index in [1.807, 2.05) is 12.1 Å². The molecule has 4 aromatic rings. The Morgan fingerprint density at radius 2 is 1.70 bits per heavy atom. The average molecular weight is 456 g/mol. The number of hydrogen-bond acceptors (Lipinski definition) is 6. The van der Waals surface area contributed by atoms with E-state index in [-0.39, 0.29) is 6.61 Å². The number of aromatic nitrogens is 4. The Bertz CT molecular complexity index is 1220. The van der Waals surface area contributed by atoms with Gasteiger partial charge in [-0.05, 0) is 36.4 Å². The quantitative estimate of drug-likeness (QED) is 0.414. The zero-order valence-electron chi connectivity index (χ0n) is 17.7. The van der Waals surface area contributed by atoms with Crippen molar-refractivity contribution in [1.82, 2.24) is 19.9 Å². The summed E-state index contributed by atoms with van der Waals surface area (Å²) in [4.78, 5) is 15.7. The predicted molar refractivity (Wildman–Crippen MR) is 114 cm³/mol. The first-order chi connectivity index (χ1) is 15.9. The molecule has 0 saturated carbocycles. The van der Waals surface area contributed by atoms with Gasteiger partial charge in [-0.1, -0.05) is 0 Å². The summed E-state index contributed by atoms with van der Waals surface area (Å²) in [6.07, 6.45) is -0.219. The number of aromatic amines is 1. The lowest BCUT2D eigenvalue weighted by atomic mass is 10.1. The molecule has 4 rings (SSSR count). The summed E-state index contributed by atoms with van der Waals surface area (Å²) in [5.74, 6) is 2.04. The first kappa shape index (κ1) is 22.1. The second kappa shape index (κ2) is 9.19. The van der Waals surface area contributed by atoms with E-state index in [9.17, 15) is 13.2 Å². The fourth-order valence-electron chi connectivity index (χ4n) is 3.03. The Balaban J connectivity index is 1.48. The first-order valence-electron chi connectivity index (χ1n) is 9.76. The maximum absolute atomic E-state index is 12.7. The van der Waals surface area contributed by atoms with Gasteiger partial charge in [-0.15, -0.1) is 0 Å². The molecule has 0 aliphatic rings. The van der Waals surface area contributed by atoms with E-state index in [2.05, 4.69) is 19.9 Å². The van der Waals surface area contributed by atoms with Crippen molar-refractivity contribution < 1.29 is 27.4 Å². The highest BCUT2D eigenvalue weighted by Gasteiger charge is 2.30. The molecule has 0 atom stereocenters. The van der Waals surface area contributed by atoms with Gasteiger partial charge < -0.3 is 19.2 Å². The number of imidazole rings is 1. The third-order valence-corrected chi connectivity index (χ3v) is 4.78. The zero-order valence-corrected chi connectivity index (χ0v) is 17.7. The molecule has 0 amide bonds. The summed E-state index contributed by atoms with van der Waals surface area (Å²) in [5.41, 5.74) is 1.83. The highest BCUT2D eigenvalue weighted by Crippen LogP contribution is 2.33. The summed E-state index contributed by atoms with van der Waals surface area (Å²) in [7, 11) is 3.05. The fraction of sp³-hybridized carbons (Fsp3) is 0.174. The normalized spacial score (nSPS) is 11.3. The van der Waals surface area contributed by atoms with E-state index < -0.39 is 11.7 Å². The second-order valence-electron chi connectivity index (χ2n) is 6.91. The lowest BCUT2D eigenvalue weighted by Gasteiger charge is -2.12. The van der Waals surface area contributed by atoms with E-state index in [0.29, 0.717) is 34.6 Å². The van der Waals surface area contributed by atoms with E-state index in [1.54, 1.807) is 37.7 Å². The number of hydrogen-bond donors (Lipinski definition) is 1. The number of H-pyrrole nitrogens is 1. The molecular weight excluding hydrogens is 437 g/mol. The van der Waals surface area contributed by atoms with Gasteiger partial charge in [-0.25, -0.2) is 9.97 Å². The van der Waals surface area contributed by atoms with E-state index >= 15 is 0 Å². The van der Waals surface area contributed by atoms with Crippen LogP contribution in [0.2, 0.25) is 0 Å². The van der Waals surface area contributed by atoms with Crippen molar-refractivity contribution in [2.45, 2.75) is 12.8 Å². The Morgan fingerprint density at radius 3 is 2.33 bits per heavy atom. The Morgan fingerprint density at radius 1 is 0.879 bits per heavy atom. The molecule has 0 spiro atoms. The molecule has 3 aromatic heterocycles. The summed E-state index contributed by atoms with van der Waals surface area (Å²) in [6, 6.07) is 11.1. The van der Waals surface area contributed by atoms with Crippen molar-refractivity contribution in [2.24, 2.45) is 0 Å². The minimum absolute atomic E-state index is 0.00906. The third kappa shape index (κ3) is 5.05. The molecule has 7 nitrogen and oxygen atoms in total. The van der Waals surface area contributed by atoms with E-state index in [4.69, 9.17) is 14.2 Å². The minimum Gasteiger partial charge on any atom is -0.493 e. The molecule has 0 fully saturated rings. The van der Waals surface area contributed by atoms with Crippen LogP contribution in [-0.2, 0) is 12.8 Å². The van der Waals surface area contributed by atoms with Crippen LogP contribution in [0.15, 0.2) is 61.1 Å². The van der Waals surface area contributed by atoms with Crippen LogP contribution >= 0.6 is 0 Å². The third-order valence-electron chi connectivity index (χ3n) is 4.78. The highest BCUT2D eigenvalue weighted by molar-refractivity contribution is 5.67. The molecule has 10 heteroatoms. The molecule has 0 aliphatic carbocycles. The molecule has 1 N–H and O–H groups in total. The van der Waals surface area contributed by atoms with Crippen LogP contribution in [0.3, 0.4) is 0 Å². The van der Waals surface area contributed by atoms with Crippen molar-refractivity contribution >= 4 is 0 Å². The molecule has 0 bridgehead atoms. The Hall–Kier alpha value is -4.08. The van der Waals surface area contributed by atoms with Crippen molar-refractivity contribution in [2.75, 3.05) is 14.2 Å². The fourth-order valence-corrected chi connectivity index (χ4v) is 3.03. The van der Waals surface area contributed by atoms with Crippen LogP contribution in [-0.4, -0.2) is 34.2 Å². The van der Waals surface area contributed by atoms with Crippen molar-refractivity contribution in [3.05, 3.63) is 72.3 Å². The topological polar surface area (TPSA) is 82.1 Å². The maximum atomic E-state index is 12.7. The van der Waals surface area contributed by atoms with Crippen LogP contribution in [0, 0.1) is 0 Å². The van der Waals surface area contributed by atoms with Gasteiger partial charge in [0.2, 0.25) is 5.88 Å². The van der Waals surface area contributed by atoms with Gasteiger partial charge in [0.25, 0.3) is 0 Å². The maximum Gasteiger partial charge on any atom is 0.417 e. The number of nitrogens with zero attached hydrogens (tertiary/aromatic N) is 3. The Labute approximate surface area is 187 Å².